The van der Waals surface area contributed by atoms with Gasteiger partial charge in [0.1, 0.15) is 5.78 Å². The fourth-order valence-corrected chi connectivity index (χ4v) is 1.84. The maximum Gasteiger partial charge on any atom is 0.126 e. The van der Waals surface area contributed by atoms with Gasteiger partial charge in [0.2, 0.25) is 0 Å². The molecule has 0 radical (unpaired) electrons. The Balaban J connectivity index is 0.000000258. The maximum atomic E-state index is 9.44. The molecule has 0 N–H and O–H groups in total. The van der Waals surface area contributed by atoms with Crippen molar-refractivity contribution < 1.29 is 25.2 Å². The van der Waals surface area contributed by atoms with Crippen LogP contribution in [-0.4, -0.2) is 5.78 Å². The van der Waals surface area contributed by atoms with E-state index in [0.29, 0.717) is 0 Å². The molecular formula is C15H14OPd. The van der Waals surface area contributed by atoms with Crippen LogP contribution < -0.4 is 0 Å². The molecule has 0 heterocycles. The average Bonchev–Trinajstić information content (AvgIpc) is 2.25. The van der Waals surface area contributed by atoms with Crippen LogP contribution in [0.25, 0.3) is 22.3 Å². The second-order valence-electron chi connectivity index (χ2n) is 4.00. The summed E-state index contributed by atoms with van der Waals surface area (Å²) in [6.07, 6.45) is 0. The van der Waals surface area contributed by atoms with Crippen LogP contribution in [0.4, 0.5) is 0 Å². The van der Waals surface area contributed by atoms with Gasteiger partial charge in [-0.1, -0.05) is 48.5 Å². The smallest absolute Gasteiger partial charge is 0.126 e. The molecule has 2 heteroatoms. The Labute approximate surface area is 116 Å². The first-order chi connectivity index (χ1) is 7.70. The molecular weight excluding hydrogens is 303 g/mol. The van der Waals surface area contributed by atoms with Crippen molar-refractivity contribution >= 4 is 5.78 Å². The van der Waals surface area contributed by atoms with Crippen LogP contribution in [0.15, 0.2) is 48.5 Å². The van der Waals surface area contributed by atoms with Crippen molar-refractivity contribution in [2.24, 2.45) is 0 Å². The normalized spacial score (nSPS) is 9.53. The van der Waals surface area contributed by atoms with Gasteiger partial charge in [0.15, 0.2) is 0 Å². The number of hydrogen-bond donors (Lipinski definition) is 0. The molecule has 0 atom stereocenters. The van der Waals surface area contributed by atoms with Gasteiger partial charge in [-0.15, -0.1) is 0 Å². The van der Waals surface area contributed by atoms with Crippen LogP contribution >= 0.6 is 0 Å². The van der Waals surface area contributed by atoms with Crippen LogP contribution in [0.5, 0.6) is 0 Å². The topological polar surface area (TPSA) is 17.1 Å². The van der Waals surface area contributed by atoms with E-state index in [1.165, 1.54) is 36.1 Å². The van der Waals surface area contributed by atoms with E-state index >= 15 is 0 Å². The number of rotatable bonds is 0. The largest absolute Gasteiger partial charge is 0.300 e. The van der Waals surface area contributed by atoms with Crippen molar-refractivity contribution in [2.45, 2.75) is 13.8 Å². The summed E-state index contributed by atoms with van der Waals surface area (Å²) in [7, 11) is 0. The van der Waals surface area contributed by atoms with Gasteiger partial charge >= 0.3 is 0 Å². The molecule has 0 unspecified atom stereocenters. The number of benzene rings is 2. The van der Waals surface area contributed by atoms with E-state index in [1.54, 1.807) is 0 Å². The Morgan fingerprint density at radius 3 is 1.06 bits per heavy atom. The SMILES string of the molecule is CC(C)=O.[Pd].c1ccc2c(c1)-c1ccccc1-2. The molecule has 0 aliphatic heterocycles. The Bertz CT molecular complexity index is 428. The third kappa shape index (κ3) is 2.91. The first-order valence-corrected chi connectivity index (χ1v) is 5.36. The Hall–Kier alpha value is -1.23. The predicted octanol–water partition coefficient (Wildman–Crippen LogP) is 3.93. The predicted molar refractivity (Wildman–Crippen MR) is 67.2 cm³/mol. The molecule has 0 fully saturated rings. The zero-order valence-corrected chi connectivity index (χ0v) is 11.4. The van der Waals surface area contributed by atoms with Crippen molar-refractivity contribution in [3.8, 4) is 22.3 Å². The standard InChI is InChI=1S/C12H8.C3H6O.Pd/c1-2-6-10-9(5-1)11-7-3-4-8-12(10)11;1-3(2)4;/h1-8H;1-2H3;. The fourth-order valence-electron chi connectivity index (χ4n) is 1.84. The minimum Gasteiger partial charge on any atom is -0.300 e. The molecule has 1 aliphatic carbocycles. The molecule has 0 bridgehead atoms. The molecule has 2 aromatic rings. The van der Waals surface area contributed by atoms with Crippen LogP contribution in [0.3, 0.4) is 0 Å². The third-order valence-corrected chi connectivity index (χ3v) is 2.43. The number of Topliss-reactive ketones (excluding diaryl/α,β-unsaturated/α-hetero) is 1. The van der Waals surface area contributed by atoms with Gasteiger partial charge in [-0.2, -0.15) is 0 Å². The van der Waals surface area contributed by atoms with Crippen LogP contribution in [0, 0.1) is 0 Å². The molecule has 0 aromatic heterocycles. The summed E-state index contributed by atoms with van der Waals surface area (Å²) in [6, 6.07) is 17.1. The quantitative estimate of drug-likeness (QED) is 0.574. The first kappa shape index (κ1) is 13.8. The summed E-state index contributed by atoms with van der Waals surface area (Å²) in [6.45, 7) is 3.06. The molecule has 0 spiro atoms. The zero-order chi connectivity index (χ0) is 11.5. The summed E-state index contributed by atoms with van der Waals surface area (Å²) in [5.41, 5.74) is 5.59. The molecule has 0 saturated carbocycles. The number of carbonyl (C=O) groups is 1. The molecule has 90 valence electrons. The minimum absolute atomic E-state index is 0. The Morgan fingerprint density at radius 1 is 0.706 bits per heavy atom. The minimum atomic E-state index is 0. The molecule has 0 amide bonds. The first-order valence-electron chi connectivity index (χ1n) is 5.36. The van der Waals surface area contributed by atoms with Gasteiger partial charge in [-0.25, -0.2) is 0 Å². The van der Waals surface area contributed by atoms with Crippen molar-refractivity contribution in [3.05, 3.63) is 48.5 Å². The summed E-state index contributed by atoms with van der Waals surface area (Å²) in [5, 5.41) is 0. The summed E-state index contributed by atoms with van der Waals surface area (Å²) in [4.78, 5) is 9.44. The number of hydrogen-bond acceptors (Lipinski definition) is 1. The molecule has 1 nitrogen and oxygen atoms in total. The number of fused-ring (bicyclic) bond motifs is 4. The zero-order valence-electron chi connectivity index (χ0n) is 9.84. The van der Waals surface area contributed by atoms with E-state index in [4.69, 9.17) is 0 Å². The average molecular weight is 317 g/mol. The van der Waals surface area contributed by atoms with Crippen molar-refractivity contribution in [3.63, 3.8) is 0 Å². The number of ketones is 1. The molecule has 3 rings (SSSR count). The van der Waals surface area contributed by atoms with Crippen molar-refractivity contribution in [2.75, 3.05) is 0 Å². The molecule has 17 heavy (non-hydrogen) atoms. The third-order valence-electron chi connectivity index (χ3n) is 2.43. The summed E-state index contributed by atoms with van der Waals surface area (Å²) < 4.78 is 0. The Kier molecular flexibility index (Phi) is 4.81. The van der Waals surface area contributed by atoms with Gasteiger partial charge in [-0.3, -0.25) is 0 Å². The van der Waals surface area contributed by atoms with Gasteiger partial charge in [0.25, 0.3) is 0 Å². The molecule has 2 aromatic carbocycles. The molecule has 1 aliphatic rings. The van der Waals surface area contributed by atoms with Gasteiger partial charge in [-0.05, 0) is 36.1 Å². The van der Waals surface area contributed by atoms with Crippen molar-refractivity contribution in [1.82, 2.24) is 0 Å². The second-order valence-corrected chi connectivity index (χ2v) is 4.00. The van der Waals surface area contributed by atoms with E-state index < -0.39 is 0 Å². The summed E-state index contributed by atoms with van der Waals surface area (Å²) in [5.74, 6) is 0.167. The second kappa shape index (κ2) is 5.91. The van der Waals surface area contributed by atoms with Crippen molar-refractivity contribution in [1.29, 1.82) is 0 Å². The van der Waals surface area contributed by atoms with Crippen LogP contribution in [0.2, 0.25) is 0 Å². The fraction of sp³-hybridized carbons (Fsp3) is 0.133. The number of carbonyl (C=O) groups excluding carboxylic acids is 1. The van der Waals surface area contributed by atoms with Crippen LogP contribution in [0.1, 0.15) is 13.8 Å². The van der Waals surface area contributed by atoms with Gasteiger partial charge < -0.3 is 4.79 Å². The van der Waals surface area contributed by atoms with Gasteiger partial charge in [0, 0.05) is 20.4 Å². The van der Waals surface area contributed by atoms with Gasteiger partial charge in [0.05, 0.1) is 0 Å². The van der Waals surface area contributed by atoms with E-state index in [1.807, 2.05) is 0 Å². The summed E-state index contributed by atoms with van der Waals surface area (Å²) >= 11 is 0. The van der Waals surface area contributed by atoms with E-state index in [9.17, 15) is 4.79 Å². The van der Waals surface area contributed by atoms with E-state index in [-0.39, 0.29) is 26.2 Å². The van der Waals surface area contributed by atoms with E-state index in [0.717, 1.165) is 0 Å². The molecule has 0 saturated heterocycles. The monoisotopic (exact) mass is 316 g/mol. The van der Waals surface area contributed by atoms with E-state index in [2.05, 4.69) is 48.5 Å². The van der Waals surface area contributed by atoms with Crippen LogP contribution in [-0.2, 0) is 25.2 Å². The maximum absolute atomic E-state index is 9.44. The Morgan fingerprint density at radius 2 is 0.882 bits per heavy atom.